The predicted octanol–water partition coefficient (Wildman–Crippen LogP) is 2.78. The van der Waals surface area contributed by atoms with Crippen molar-refractivity contribution < 1.29 is 22.7 Å². The van der Waals surface area contributed by atoms with E-state index < -0.39 is 15.6 Å². The number of carbonyl (C=O) groups excluding carboxylic acids is 2. The third kappa shape index (κ3) is 6.62. The monoisotopic (exact) mass is 425 g/mol. The van der Waals surface area contributed by atoms with Crippen LogP contribution in [0.25, 0.3) is 0 Å². The van der Waals surface area contributed by atoms with Crippen molar-refractivity contribution in [3.63, 3.8) is 0 Å². The second kappa shape index (κ2) is 8.61. The van der Waals surface area contributed by atoms with Crippen molar-refractivity contribution in [1.29, 1.82) is 0 Å². The molecule has 29 heavy (non-hydrogen) atoms. The Kier molecular flexibility index (Phi) is 6.82. The number of hydrogen-bond acceptors (Lipinski definition) is 5. The number of ether oxygens (including phenoxy) is 1. The van der Waals surface area contributed by atoms with Gasteiger partial charge in [-0.25, -0.2) is 13.2 Å². The number of nitrogens with one attached hydrogen (secondary N) is 1. The molecule has 8 nitrogen and oxygen atoms in total. The topological polar surface area (TPSA) is 96.0 Å². The molecule has 1 atom stereocenters. The predicted molar refractivity (Wildman–Crippen MR) is 112 cm³/mol. The van der Waals surface area contributed by atoms with Gasteiger partial charge in [0.1, 0.15) is 5.60 Å². The quantitative estimate of drug-likeness (QED) is 0.800. The van der Waals surface area contributed by atoms with Crippen LogP contribution in [0.2, 0.25) is 0 Å². The lowest BCUT2D eigenvalue weighted by molar-refractivity contribution is -0.00792. The fourth-order valence-corrected chi connectivity index (χ4v) is 3.78. The van der Waals surface area contributed by atoms with Crippen LogP contribution in [0.5, 0.6) is 0 Å². The van der Waals surface area contributed by atoms with Crippen molar-refractivity contribution in [1.82, 2.24) is 9.80 Å². The van der Waals surface area contributed by atoms with E-state index >= 15 is 0 Å². The summed E-state index contributed by atoms with van der Waals surface area (Å²) >= 11 is 0. The molecule has 1 fully saturated rings. The van der Waals surface area contributed by atoms with Gasteiger partial charge in [0.15, 0.2) is 0 Å². The number of anilines is 1. The molecule has 1 aromatic carbocycles. The fraction of sp³-hybridized carbons (Fsp3) is 0.600. The van der Waals surface area contributed by atoms with Gasteiger partial charge in [-0.15, -0.1) is 0 Å². The number of carbonyl (C=O) groups is 2. The average molecular weight is 426 g/mol. The SMILES string of the molecule is CC(C)[C@H]1CN(C(=O)c2cccc(NS(C)(=O)=O)c2)CCN1C(=O)OC(C)(C)C. The van der Waals surface area contributed by atoms with Gasteiger partial charge < -0.3 is 14.5 Å². The number of amides is 2. The number of sulfonamides is 1. The summed E-state index contributed by atoms with van der Waals surface area (Å²) in [5.41, 5.74) is 0.150. The molecule has 0 aliphatic carbocycles. The van der Waals surface area contributed by atoms with Crippen LogP contribution >= 0.6 is 0 Å². The lowest BCUT2D eigenvalue weighted by atomic mass is 9.99. The van der Waals surface area contributed by atoms with Crippen molar-refractivity contribution in [3.8, 4) is 0 Å². The Labute approximate surface area is 173 Å². The van der Waals surface area contributed by atoms with Gasteiger partial charge in [-0.1, -0.05) is 19.9 Å². The molecule has 1 aliphatic rings. The van der Waals surface area contributed by atoms with Gasteiger partial charge in [0.25, 0.3) is 5.91 Å². The molecule has 0 spiro atoms. The molecule has 9 heteroatoms. The summed E-state index contributed by atoms with van der Waals surface area (Å²) in [7, 11) is -3.43. The smallest absolute Gasteiger partial charge is 0.410 e. The number of benzene rings is 1. The van der Waals surface area contributed by atoms with Gasteiger partial charge in [0, 0.05) is 30.9 Å². The first kappa shape index (κ1) is 23.0. The van der Waals surface area contributed by atoms with E-state index in [1.54, 1.807) is 28.0 Å². The van der Waals surface area contributed by atoms with Crippen molar-refractivity contribution >= 4 is 27.7 Å². The van der Waals surface area contributed by atoms with E-state index in [4.69, 9.17) is 4.74 Å². The minimum Gasteiger partial charge on any atom is -0.444 e. The Balaban J connectivity index is 2.16. The Morgan fingerprint density at radius 2 is 1.86 bits per heavy atom. The van der Waals surface area contributed by atoms with E-state index in [-0.39, 0.29) is 24.0 Å². The molecule has 0 aromatic heterocycles. The number of piperazine rings is 1. The minimum absolute atomic E-state index is 0.136. The second-order valence-electron chi connectivity index (χ2n) is 8.69. The summed E-state index contributed by atoms with van der Waals surface area (Å²) in [5, 5.41) is 0. The van der Waals surface area contributed by atoms with E-state index in [2.05, 4.69) is 4.72 Å². The van der Waals surface area contributed by atoms with Gasteiger partial charge in [-0.2, -0.15) is 0 Å². The maximum atomic E-state index is 13.0. The number of nitrogens with zero attached hydrogens (tertiary/aromatic N) is 2. The van der Waals surface area contributed by atoms with Crippen LogP contribution in [0.4, 0.5) is 10.5 Å². The first-order valence-corrected chi connectivity index (χ1v) is 11.5. The number of rotatable bonds is 4. The molecule has 0 radical (unpaired) electrons. The Hall–Kier alpha value is -2.29. The molecule has 1 aliphatic heterocycles. The Morgan fingerprint density at radius 3 is 2.41 bits per heavy atom. The maximum absolute atomic E-state index is 13.0. The maximum Gasteiger partial charge on any atom is 0.410 e. The van der Waals surface area contributed by atoms with E-state index in [1.165, 1.54) is 6.07 Å². The van der Waals surface area contributed by atoms with Crippen LogP contribution < -0.4 is 4.72 Å². The van der Waals surface area contributed by atoms with Crippen molar-refractivity contribution in [3.05, 3.63) is 29.8 Å². The van der Waals surface area contributed by atoms with Crippen LogP contribution in [0.1, 0.15) is 45.0 Å². The average Bonchev–Trinajstić information content (AvgIpc) is 2.57. The summed E-state index contributed by atoms with van der Waals surface area (Å²) < 4.78 is 30.8. The molecule has 1 heterocycles. The summed E-state index contributed by atoms with van der Waals surface area (Å²) in [6.07, 6.45) is 0.688. The highest BCUT2D eigenvalue weighted by Gasteiger charge is 2.36. The zero-order valence-corrected chi connectivity index (χ0v) is 18.7. The minimum atomic E-state index is -3.43. The van der Waals surface area contributed by atoms with Gasteiger partial charge >= 0.3 is 6.09 Å². The highest BCUT2D eigenvalue weighted by molar-refractivity contribution is 7.92. The lowest BCUT2D eigenvalue weighted by Gasteiger charge is -2.43. The van der Waals surface area contributed by atoms with Crippen LogP contribution in [-0.2, 0) is 14.8 Å². The highest BCUT2D eigenvalue weighted by Crippen LogP contribution is 2.22. The van der Waals surface area contributed by atoms with Crippen molar-refractivity contribution in [2.45, 2.75) is 46.3 Å². The van der Waals surface area contributed by atoms with Crippen LogP contribution in [0.3, 0.4) is 0 Å². The lowest BCUT2D eigenvalue weighted by Crippen LogP contribution is -2.59. The molecule has 2 rings (SSSR count). The van der Waals surface area contributed by atoms with Crippen LogP contribution in [0.15, 0.2) is 24.3 Å². The molecule has 2 amide bonds. The van der Waals surface area contributed by atoms with Gasteiger partial charge in [-0.05, 0) is 44.9 Å². The molecular formula is C20H31N3O5S. The molecular weight excluding hydrogens is 394 g/mol. The third-order valence-corrected chi connectivity index (χ3v) is 5.12. The van der Waals surface area contributed by atoms with Gasteiger partial charge in [0.05, 0.1) is 12.3 Å². The van der Waals surface area contributed by atoms with Crippen molar-refractivity contribution in [2.24, 2.45) is 5.92 Å². The standard InChI is InChI=1S/C20H31N3O5S/c1-14(2)17-13-22(10-11-23(17)19(25)28-20(3,4)5)18(24)15-8-7-9-16(12-15)21-29(6,26)27/h7-9,12,14,17,21H,10-11,13H2,1-6H3/t17-/m1/s1. The Morgan fingerprint density at radius 1 is 1.21 bits per heavy atom. The summed E-state index contributed by atoms with van der Waals surface area (Å²) in [4.78, 5) is 29.0. The van der Waals surface area contributed by atoms with Gasteiger partial charge in [-0.3, -0.25) is 9.52 Å². The van der Waals surface area contributed by atoms with E-state index in [1.807, 2.05) is 34.6 Å². The molecule has 1 aromatic rings. The molecule has 162 valence electrons. The molecule has 0 unspecified atom stereocenters. The summed E-state index contributed by atoms with van der Waals surface area (Å²) in [6, 6.07) is 6.24. The molecule has 0 saturated carbocycles. The van der Waals surface area contributed by atoms with Gasteiger partial charge in [0.2, 0.25) is 10.0 Å². The van der Waals surface area contributed by atoms with E-state index in [0.717, 1.165) is 6.26 Å². The highest BCUT2D eigenvalue weighted by atomic mass is 32.2. The number of hydrogen-bond donors (Lipinski definition) is 1. The van der Waals surface area contributed by atoms with Crippen molar-refractivity contribution in [2.75, 3.05) is 30.6 Å². The normalized spacial score (nSPS) is 18.0. The largest absolute Gasteiger partial charge is 0.444 e. The van der Waals surface area contributed by atoms with Crippen LogP contribution in [0, 0.1) is 5.92 Å². The first-order valence-electron chi connectivity index (χ1n) is 9.63. The zero-order valence-electron chi connectivity index (χ0n) is 17.9. The molecule has 1 N–H and O–H groups in total. The zero-order chi connectivity index (χ0) is 22.0. The van der Waals surface area contributed by atoms with Crippen LogP contribution in [-0.4, -0.2) is 67.8 Å². The molecule has 0 bridgehead atoms. The summed E-state index contributed by atoms with van der Waals surface area (Å²) in [6.45, 7) is 10.6. The second-order valence-corrected chi connectivity index (χ2v) is 10.4. The van der Waals surface area contributed by atoms with E-state index in [9.17, 15) is 18.0 Å². The fourth-order valence-electron chi connectivity index (χ4n) is 3.22. The first-order chi connectivity index (χ1) is 13.3. The molecule has 1 saturated heterocycles. The van der Waals surface area contributed by atoms with E-state index in [0.29, 0.717) is 30.9 Å². The third-order valence-electron chi connectivity index (χ3n) is 4.52. The summed E-state index contributed by atoms with van der Waals surface area (Å²) in [5.74, 6) is -0.0620. The Bertz CT molecular complexity index is 861.